The van der Waals surface area contributed by atoms with Crippen LogP contribution in [0.4, 0.5) is 0 Å². The van der Waals surface area contributed by atoms with Gasteiger partial charge in [-0.2, -0.15) is 0 Å². The van der Waals surface area contributed by atoms with E-state index in [1.165, 1.54) is 0 Å². The van der Waals surface area contributed by atoms with Gasteiger partial charge in [-0.25, -0.2) is 0 Å². The van der Waals surface area contributed by atoms with Crippen LogP contribution in [0.15, 0.2) is 0 Å². The molecule has 26 nitrogen and oxygen atoms in total. The fourth-order valence-corrected chi connectivity index (χ4v) is 16.0. The summed E-state index contributed by atoms with van der Waals surface area (Å²) in [6.45, 7) is -1.58. The van der Waals surface area contributed by atoms with Crippen LogP contribution < -0.4 is 0 Å². The Balaban J connectivity index is 8.25. The summed E-state index contributed by atoms with van der Waals surface area (Å²) in [4.78, 5) is 152. The van der Waals surface area contributed by atoms with Gasteiger partial charge in [-0.05, 0) is 6.42 Å². The van der Waals surface area contributed by atoms with Gasteiger partial charge in [0.2, 0.25) is 22.1 Å². The zero-order valence-electron chi connectivity index (χ0n) is 20.2. The summed E-state index contributed by atoms with van der Waals surface area (Å²) in [6.07, 6.45) is -1.24. The van der Waals surface area contributed by atoms with E-state index in [2.05, 4.69) is 0 Å². The van der Waals surface area contributed by atoms with Crippen molar-refractivity contribution < 1.29 is 115 Å². The molecule has 0 aliphatic heterocycles. The van der Waals surface area contributed by atoms with Crippen molar-refractivity contribution in [1.82, 2.24) is 9.80 Å². The van der Waals surface area contributed by atoms with Crippen LogP contribution in [0.3, 0.4) is 0 Å². The SMILES string of the molecule is CCC(CN(C(P(=O)(O)O)P(=O)(O)O)C(P(=O)(O)O)P(=O)(O)O)N(C(P(=O)(O)O)P(=O)(O)O)C(P(=O)(O)O)P(=O)(O)O. The predicted octanol–water partition coefficient (Wildman–Crippen LogP) is -3.08. The zero-order chi connectivity index (χ0) is 34.5. The third kappa shape index (κ3) is 11.7. The largest absolute Gasteiger partial charge is 0.355 e. The molecule has 0 amide bonds. The lowest BCUT2D eigenvalue weighted by Gasteiger charge is -2.46. The van der Waals surface area contributed by atoms with Crippen LogP contribution in [0.1, 0.15) is 13.3 Å². The van der Waals surface area contributed by atoms with Gasteiger partial charge in [-0.3, -0.25) is 46.3 Å². The molecule has 0 aromatic rings. The second-order valence-corrected chi connectivity index (χ2v) is 23.3. The summed E-state index contributed by atoms with van der Waals surface area (Å²) in [5.74, 6) is 0. The van der Waals surface area contributed by atoms with Crippen molar-refractivity contribution in [2.45, 2.75) is 41.5 Å². The van der Waals surface area contributed by atoms with Gasteiger partial charge >= 0.3 is 60.8 Å². The third-order valence-corrected chi connectivity index (χ3v) is 19.1. The van der Waals surface area contributed by atoms with E-state index < -0.39 is 112 Å². The third-order valence-electron chi connectivity index (χ3n) is 4.85. The summed E-state index contributed by atoms with van der Waals surface area (Å²) >= 11 is 0. The molecule has 1 unspecified atom stereocenters. The van der Waals surface area contributed by atoms with E-state index in [9.17, 15) is 115 Å². The lowest BCUT2D eigenvalue weighted by molar-refractivity contribution is 0.103. The zero-order valence-corrected chi connectivity index (χ0v) is 27.3. The van der Waals surface area contributed by atoms with Crippen molar-refractivity contribution in [3.63, 3.8) is 0 Å². The van der Waals surface area contributed by atoms with E-state index in [4.69, 9.17) is 0 Å². The van der Waals surface area contributed by atoms with Crippen molar-refractivity contribution in [3.8, 4) is 0 Å². The Morgan fingerprint density at radius 3 is 0.738 bits per heavy atom. The molecule has 0 aliphatic carbocycles. The van der Waals surface area contributed by atoms with Gasteiger partial charge in [-0.15, -0.1) is 0 Å². The molecule has 0 bridgehead atoms. The fourth-order valence-electron chi connectivity index (χ4n) is 3.73. The Labute approximate surface area is 233 Å². The molecule has 42 heavy (non-hydrogen) atoms. The normalized spacial score (nSPS) is 16.5. The minimum absolute atomic E-state index is 0.677. The smallest absolute Gasteiger partial charge is 0.323 e. The van der Waals surface area contributed by atoms with Crippen molar-refractivity contribution >= 4 is 60.8 Å². The van der Waals surface area contributed by atoms with Crippen molar-refractivity contribution in [2.75, 3.05) is 6.54 Å². The summed E-state index contributed by atoms with van der Waals surface area (Å²) in [5.41, 5.74) is -16.0. The van der Waals surface area contributed by atoms with Crippen molar-refractivity contribution in [3.05, 3.63) is 0 Å². The molecule has 0 saturated carbocycles. The monoisotopic (exact) mass is 784 g/mol. The highest BCUT2D eigenvalue weighted by atomic mass is 31.3. The number of hydrogen-bond acceptors (Lipinski definition) is 10. The molecule has 0 aromatic heterocycles. The molecule has 0 radical (unpaired) electrons. The van der Waals surface area contributed by atoms with Crippen LogP contribution in [0.25, 0.3) is 0 Å². The molecular formula is C8H28N2O24P8. The van der Waals surface area contributed by atoms with Crippen LogP contribution in [-0.2, 0) is 36.5 Å². The number of rotatable bonds is 16. The summed E-state index contributed by atoms with van der Waals surface area (Å²) in [5, 5.41) is 0. The van der Waals surface area contributed by atoms with E-state index in [-0.39, 0.29) is 0 Å². The van der Waals surface area contributed by atoms with Crippen LogP contribution in [0.2, 0.25) is 0 Å². The van der Waals surface area contributed by atoms with Crippen LogP contribution >= 0.6 is 60.8 Å². The Bertz CT molecular complexity index is 1160. The minimum atomic E-state index is -6.59. The first-order valence-corrected chi connectivity index (χ1v) is 23.3. The van der Waals surface area contributed by atoms with Gasteiger partial charge in [0.1, 0.15) is 0 Å². The highest BCUT2D eigenvalue weighted by molar-refractivity contribution is 7.73. The minimum Gasteiger partial charge on any atom is -0.323 e. The van der Waals surface area contributed by atoms with Crippen LogP contribution in [0.5, 0.6) is 0 Å². The molecule has 0 aromatic carbocycles. The highest BCUT2D eigenvalue weighted by Crippen LogP contribution is 2.71. The first kappa shape index (κ1) is 43.1. The van der Waals surface area contributed by atoms with E-state index in [0.717, 1.165) is 0 Å². The van der Waals surface area contributed by atoms with Gasteiger partial charge in [0, 0.05) is 12.6 Å². The lowest BCUT2D eigenvalue weighted by atomic mass is 10.2. The maximum atomic E-state index is 12.1. The summed E-state index contributed by atoms with van der Waals surface area (Å²) in [6, 6.07) is -2.92. The molecule has 0 heterocycles. The molecule has 0 saturated heterocycles. The van der Waals surface area contributed by atoms with Gasteiger partial charge in [-0.1, -0.05) is 6.92 Å². The number of hydrogen-bond donors (Lipinski definition) is 16. The molecule has 1 atom stereocenters. The molecule has 34 heteroatoms. The molecule has 254 valence electrons. The topological polar surface area (TPSA) is 467 Å². The first-order valence-electron chi connectivity index (χ1n) is 9.86. The standard InChI is InChI=1S/C8H28N2O24P8/c1-2-4(10(7(39(23,24)25)40(26,27)28)8(41(29,30)31)42(32,33)34)3-9(5(35(11,12)13)36(14,15)16)6(37(17,18)19)38(20,21)22/h4-8H,2-3H2,1H3,(H2,11,12,13)(H2,14,15,16)(H2,17,18,19)(H2,20,21,22)(H2,23,24,25)(H2,26,27,28)(H2,29,30,31)(H2,32,33,34). The summed E-state index contributed by atoms with van der Waals surface area (Å²) in [7, 11) is -52.7. The second kappa shape index (κ2) is 13.7. The highest BCUT2D eigenvalue weighted by Gasteiger charge is 2.63. The average Bonchev–Trinajstić information content (AvgIpc) is 2.55. The summed E-state index contributed by atoms with van der Waals surface area (Å²) < 4.78 is 96.8. The Hall–Kier alpha value is 1.12. The van der Waals surface area contributed by atoms with E-state index >= 15 is 0 Å². The molecular weight excluding hydrogens is 756 g/mol. The van der Waals surface area contributed by atoms with Crippen molar-refractivity contribution in [1.29, 1.82) is 0 Å². The average molecular weight is 784 g/mol. The van der Waals surface area contributed by atoms with E-state index in [1.54, 1.807) is 0 Å². The van der Waals surface area contributed by atoms with Crippen molar-refractivity contribution in [2.24, 2.45) is 0 Å². The first-order chi connectivity index (χ1) is 17.9. The second-order valence-electron chi connectivity index (χ2n) is 8.30. The number of nitrogens with zero attached hydrogens (tertiary/aromatic N) is 2. The Kier molecular flexibility index (Phi) is 14.1. The molecule has 0 spiro atoms. The van der Waals surface area contributed by atoms with Gasteiger partial charge in [0.25, 0.3) is 0 Å². The Morgan fingerprint density at radius 2 is 0.595 bits per heavy atom. The molecule has 0 aliphatic rings. The lowest BCUT2D eigenvalue weighted by Crippen LogP contribution is -2.55. The fraction of sp³-hybridized carbons (Fsp3) is 1.00. The van der Waals surface area contributed by atoms with Gasteiger partial charge in [0.05, 0.1) is 0 Å². The van der Waals surface area contributed by atoms with E-state index in [0.29, 0.717) is 6.92 Å². The molecule has 0 fully saturated rings. The van der Waals surface area contributed by atoms with Gasteiger partial charge in [0.15, 0.2) is 0 Å². The van der Waals surface area contributed by atoms with Gasteiger partial charge < -0.3 is 78.3 Å². The Morgan fingerprint density at radius 1 is 0.405 bits per heavy atom. The maximum absolute atomic E-state index is 12.1. The van der Waals surface area contributed by atoms with E-state index in [1.807, 2.05) is 0 Å². The quantitative estimate of drug-likeness (QED) is 0.0690. The molecule has 16 N–H and O–H groups in total. The molecule has 0 rings (SSSR count). The van der Waals surface area contributed by atoms with Crippen LogP contribution in [0, 0.1) is 0 Å². The van der Waals surface area contributed by atoms with Crippen LogP contribution in [-0.4, -0.2) is 123 Å². The predicted molar refractivity (Wildman–Crippen MR) is 134 cm³/mol. The maximum Gasteiger partial charge on any atom is 0.355 e.